The number of carbonyl (C=O) groups excluding carboxylic acids is 1. The highest BCUT2D eigenvalue weighted by molar-refractivity contribution is 6.02. The monoisotopic (exact) mass is 249 g/mol. The Balaban J connectivity index is 2.37. The molecule has 4 nitrogen and oxygen atoms in total. The van der Waals surface area contributed by atoms with Crippen LogP contribution in [0.25, 0.3) is 0 Å². The van der Waals surface area contributed by atoms with Crippen LogP contribution in [0.2, 0.25) is 0 Å². The number of aryl methyl sites for hydroxylation is 1. The van der Waals surface area contributed by atoms with Gasteiger partial charge in [-0.25, -0.2) is 0 Å². The van der Waals surface area contributed by atoms with Gasteiger partial charge < -0.3 is 14.8 Å². The molecule has 0 atom stereocenters. The zero-order chi connectivity index (χ0) is 13.3. The van der Waals surface area contributed by atoms with E-state index in [0.717, 1.165) is 11.3 Å². The van der Waals surface area contributed by atoms with Crippen molar-refractivity contribution in [3.05, 3.63) is 23.3 Å². The van der Waals surface area contributed by atoms with E-state index in [1.54, 1.807) is 6.07 Å². The predicted molar refractivity (Wildman–Crippen MR) is 69.3 cm³/mol. The maximum atomic E-state index is 12.5. The van der Waals surface area contributed by atoms with Crippen LogP contribution in [0.3, 0.4) is 0 Å². The minimum Gasteiger partial charge on any atom is -0.454 e. The molecule has 1 aliphatic rings. The Bertz CT molecular complexity index is 480. The molecule has 0 amide bonds. The quantitative estimate of drug-likeness (QED) is 0.831. The van der Waals surface area contributed by atoms with Crippen LogP contribution in [0.4, 0.5) is 0 Å². The average molecular weight is 249 g/mol. The molecule has 0 aliphatic carbocycles. The lowest BCUT2D eigenvalue weighted by Gasteiger charge is -2.23. The zero-order valence-corrected chi connectivity index (χ0v) is 11.3. The molecule has 0 saturated carbocycles. The minimum absolute atomic E-state index is 0.118. The summed E-state index contributed by atoms with van der Waals surface area (Å²) in [6.45, 7) is 6.67. The summed E-state index contributed by atoms with van der Waals surface area (Å²) in [7, 11) is 1.85. The molecule has 1 heterocycles. The van der Waals surface area contributed by atoms with Crippen LogP contribution in [-0.4, -0.2) is 26.2 Å². The van der Waals surface area contributed by atoms with Gasteiger partial charge in [-0.3, -0.25) is 4.79 Å². The molecular weight excluding hydrogens is 230 g/mol. The lowest BCUT2D eigenvalue weighted by atomic mass is 9.82. The second-order valence-corrected chi connectivity index (χ2v) is 5.26. The summed E-state index contributed by atoms with van der Waals surface area (Å²) in [4.78, 5) is 12.5. The first-order valence-electron chi connectivity index (χ1n) is 6.05. The molecule has 1 aliphatic heterocycles. The Morgan fingerprint density at radius 1 is 1.33 bits per heavy atom. The van der Waals surface area contributed by atoms with E-state index >= 15 is 0 Å². The molecule has 98 valence electrons. The second kappa shape index (κ2) is 4.61. The molecular formula is C14H19NO3. The molecule has 0 unspecified atom stereocenters. The standard InChI is InChI=1S/C14H19NO3/c1-9-5-11-12(18-8-17-11)6-10(9)13(16)14(2,3)7-15-4/h5-6,15H,7-8H2,1-4H3. The van der Waals surface area contributed by atoms with Gasteiger partial charge in [0.25, 0.3) is 0 Å². The number of fused-ring (bicyclic) bond motifs is 1. The SMILES string of the molecule is CNCC(C)(C)C(=O)c1cc2c(cc1C)OCO2. The average Bonchev–Trinajstić information content (AvgIpc) is 2.73. The van der Waals surface area contributed by atoms with Crippen molar-refractivity contribution in [2.75, 3.05) is 20.4 Å². The Labute approximate surface area is 107 Å². The van der Waals surface area contributed by atoms with Crippen LogP contribution in [0.5, 0.6) is 11.5 Å². The number of rotatable bonds is 4. The van der Waals surface area contributed by atoms with Crippen molar-refractivity contribution in [2.45, 2.75) is 20.8 Å². The van der Waals surface area contributed by atoms with Gasteiger partial charge in [-0.2, -0.15) is 0 Å². The lowest BCUT2D eigenvalue weighted by Crippen LogP contribution is -2.34. The molecule has 0 saturated heterocycles. The van der Waals surface area contributed by atoms with E-state index in [-0.39, 0.29) is 12.6 Å². The Morgan fingerprint density at radius 2 is 1.94 bits per heavy atom. The van der Waals surface area contributed by atoms with Gasteiger partial charge in [0.2, 0.25) is 6.79 Å². The second-order valence-electron chi connectivity index (χ2n) is 5.26. The van der Waals surface area contributed by atoms with Gasteiger partial charge in [0.05, 0.1) is 0 Å². The van der Waals surface area contributed by atoms with Gasteiger partial charge in [-0.05, 0) is 31.7 Å². The largest absolute Gasteiger partial charge is 0.454 e. The highest BCUT2D eigenvalue weighted by Gasteiger charge is 2.30. The lowest BCUT2D eigenvalue weighted by molar-refractivity contribution is 0.0838. The number of benzene rings is 1. The number of hydrogen-bond donors (Lipinski definition) is 1. The third-order valence-corrected chi connectivity index (χ3v) is 3.20. The highest BCUT2D eigenvalue weighted by Crippen LogP contribution is 2.36. The number of ether oxygens (including phenoxy) is 2. The smallest absolute Gasteiger partial charge is 0.231 e. The number of ketones is 1. The summed E-state index contributed by atoms with van der Waals surface area (Å²) >= 11 is 0. The van der Waals surface area contributed by atoms with Crippen LogP contribution in [0.15, 0.2) is 12.1 Å². The van der Waals surface area contributed by atoms with Gasteiger partial charge in [0.15, 0.2) is 17.3 Å². The number of hydrogen-bond acceptors (Lipinski definition) is 4. The maximum Gasteiger partial charge on any atom is 0.231 e. The topological polar surface area (TPSA) is 47.6 Å². The molecule has 0 fully saturated rings. The fraction of sp³-hybridized carbons (Fsp3) is 0.500. The molecule has 1 aromatic rings. The van der Waals surface area contributed by atoms with E-state index in [1.165, 1.54) is 0 Å². The summed E-state index contributed by atoms with van der Waals surface area (Å²) in [5, 5.41) is 3.05. The van der Waals surface area contributed by atoms with Crippen molar-refractivity contribution in [3.8, 4) is 11.5 Å². The van der Waals surface area contributed by atoms with Crippen LogP contribution in [-0.2, 0) is 0 Å². The van der Waals surface area contributed by atoms with Crippen molar-refractivity contribution in [1.29, 1.82) is 0 Å². The van der Waals surface area contributed by atoms with E-state index in [9.17, 15) is 4.79 Å². The Hall–Kier alpha value is -1.55. The number of carbonyl (C=O) groups is 1. The van der Waals surface area contributed by atoms with Crippen molar-refractivity contribution in [2.24, 2.45) is 5.41 Å². The normalized spacial score (nSPS) is 13.8. The fourth-order valence-electron chi connectivity index (χ4n) is 2.18. The molecule has 18 heavy (non-hydrogen) atoms. The molecule has 0 radical (unpaired) electrons. The van der Waals surface area contributed by atoms with Crippen LogP contribution >= 0.6 is 0 Å². The molecule has 1 aromatic carbocycles. The molecule has 0 spiro atoms. The molecule has 4 heteroatoms. The van der Waals surface area contributed by atoms with Crippen molar-refractivity contribution in [3.63, 3.8) is 0 Å². The van der Waals surface area contributed by atoms with Crippen molar-refractivity contribution >= 4 is 5.78 Å². The summed E-state index contributed by atoms with van der Waals surface area (Å²) in [5.74, 6) is 1.49. The summed E-state index contributed by atoms with van der Waals surface area (Å²) < 4.78 is 10.6. The highest BCUT2D eigenvalue weighted by atomic mass is 16.7. The van der Waals surface area contributed by atoms with Gasteiger partial charge in [-0.15, -0.1) is 0 Å². The van der Waals surface area contributed by atoms with E-state index in [4.69, 9.17) is 9.47 Å². The molecule has 1 N–H and O–H groups in total. The Kier molecular flexibility index (Phi) is 3.30. The summed E-state index contributed by atoms with van der Waals surface area (Å²) in [6, 6.07) is 3.66. The van der Waals surface area contributed by atoms with Gasteiger partial charge in [0, 0.05) is 17.5 Å². The minimum atomic E-state index is -0.437. The summed E-state index contributed by atoms with van der Waals surface area (Å²) in [5.41, 5.74) is 1.20. The number of nitrogens with one attached hydrogen (secondary N) is 1. The van der Waals surface area contributed by atoms with Crippen LogP contribution in [0.1, 0.15) is 29.8 Å². The van der Waals surface area contributed by atoms with E-state index < -0.39 is 5.41 Å². The summed E-state index contributed by atoms with van der Waals surface area (Å²) in [6.07, 6.45) is 0. The van der Waals surface area contributed by atoms with Crippen LogP contribution < -0.4 is 14.8 Å². The van der Waals surface area contributed by atoms with E-state index in [2.05, 4.69) is 5.32 Å². The Morgan fingerprint density at radius 3 is 2.56 bits per heavy atom. The van der Waals surface area contributed by atoms with Crippen molar-refractivity contribution < 1.29 is 14.3 Å². The van der Waals surface area contributed by atoms with E-state index in [0.29, 0.717) is 17.9 Å². The molecule has 0 bridgehead atoms. The first-order chi connectivity index (χ1) is 8.45. The number of Topliss-reactive ketones (excluding diaryl/α,β-unsaturated/α-hetero) is 1. The molecule has 2 rings (SSSR count). The predicted octanol–water partition coefficient (Wildman–Crippen LogP) is 2.15. The maximum absolute atomic E-state index is 12.5. The first-order valence-corrected chi connectivity index (χ1v) is 6.05. The van der Waals surface area contributed by atoms with Crippen molar-refractivity contribution in [1.82, 2.24) is 5.32 Å². The van der Waals surface area contributed by atoms with Crippen LogP contribution in [0, 0.1) is 12.3 Å². The first kappa shape index (κ1) is 12.9. The van der Waals surface area contributed by atoms with Gasteiger partial charge in [-0.1, -0.05) is 13.8 Å². The third kappa shape index (κ3) is 2.20. The third-order valence-electron chi connectivity index (χ3n) is 3.20. The van der Waals surface area contributed by atoms with E-state index in [1.807, 2.05) is 33.9 Å². The zero-order valence-electron chi connectivity index (χ0n) is 11.3. The van der Waals surface area contributed by atoms with Gasteiger partial charge in [0.1, 0.15) is 0 Å². The molecule has 0 aromatic heterocycles. The fourth-order valence-corrected chi connectivity index (χ4v) is 2.18. The van der Waals surface area contributed by atoms with Gasteiger partial charge >= 0.3 is 0 Å².